The topological polar surface area (TPSA) is 62.1 Å². The molecule has 0 saturated heterocycles. The number of hydrogen-bond acceptors (Lipinski definition) is 5. The molecule has 0 aliphatic heterocycles. The largest absolute Gasteiger partial charge is 0.483 e. The molecule has 1 aliphatic rings. The summed E-state index contributed by atoms with van der Waals surface area (Å²) in [5.74, 6) is 1.30. The van der Waals surface area contributed by atoms with Gasteiger partial charge in [-0.25, -0.2) is 0 Å². The Balaban J connectivity index is 1.77. The zero-order chi connectivity index (χ0) is 20.3. The number of anilines is 1. The number of rotatable bonds is 5. The number of carbonyl (C=O) groups is 1. The molecular formula is C22H24N2O2S2. The minimum Gasteiger partial charge on any atom is -0.483 e. The first-order chi connectivity index (χ1) is 13.4. The summed E-state index contributed by atoms with van der Waals surface area (Å²) in [6.07, 6.45) is 2.77. The maximum atomic E-state index is 12.5. The lowest BCUT2D eigenvalue weighted by Crippen LogP contribution is -2.22. The predicted octanol–water partition coefficient (Wildman–Crippen LogP) is 5.61. The zero-order valence-corrected chi connectivity index (χ0v) is 18.0. The average molecular weight is 413 g/mol. The van der Waals surface area contributed by atoms with Gasteiger partial charge in [0.15, 0.2) is 6.61 Å². The third kappa shape index (κ3) is 4.43. The van der Waals surface area contributed by atoms with Crippen molar-refractivity contribution in [3.05, 3.63) is 50.3 Å². The lowest BCUT2D eigenvalue weighted by Gasteiger charge is -2.23. The predicted molar refractivity (Wildman–Crippen MR) is 116 cm³/mol. The number of nitriles is 1. The Bertz CT molecular complexity index is 989. The van der Waals surface area contributed by atoms with Crippen LogP contribution in [0.3, 0.4) is 0 Å². The lowest BCUT2D eigenvalue weighted by molar-refractivity contribution is -0.118. The minimum atomic E-state index is -0.287. The number of nitrogens with zero attached hydrogens (tertiary/aromatic N) is 1. The Labute approximate surface area is 175 Å². The molecule has 1 aliphatic carbocycles. The van der Waals surface area contributed by atoms with Crippen molar-refractivity contribution in [2.45, 2.75) is 46.0 Å². The summed E-state index contributed by atoms with van der Waals surface area (Å²) in [4.78, 5) is 12.5. The Morgan fingerprint density at radius 3 is 2.86 bits per heavy atom. The molecule has 0 radical (unpaired) electrons. The molecule has 0 spiro atoms. The molecule has 146 valence electrons. The molecule has 4 nitrogen and oxygen atoms in total. The van der Waals surface area contributed by atoms with Gasteiger partial charge < -0.3 is 10.1 Å². The van der Waals surface area contributed by atoms with Gasteiger partial charge in [-0.3, -0.25) is 4.79 Å². The molecule has 3 rings (SSSR count). The van der Waals surface area contributed by atoms with E-state index < -0.39 is 0 Å². The molecule has 2 aromatic rings. The molecule has 6 heteroatoms. The van der Waals surface area contributed by atoms with Crippen LogP contribution in [0.5, 0.6) is 5.75 Å². The summed E-state index contributed by atoms with van der Waals surface area (Å²) in [5.41, 5.74) is 3.73. The minimum absolute atomic E-state index is 0.109. The SMILES string of the molecule is CC1CCc2c(C#N)c(NC(=O)COc3ccccc3C(C)C)sc(=S)c2C1. The molecule has 28 heavy (non-hydrogen) atoms. The number of nitrogens with one attached hydrogen (secondary N) is 1. The van der Waals surface area contributed by atoms with Gasteiger partial charge in [-0.2, -0.15) is 5.26 Å². The molecule has 0 fully saturated rings. The summed E-state index contributed by atoms with van der Waals surface area (Å²) in [7, 11) is 0. The zero-order valence-electron chi connectivity index (χ0n) is 16.4. The fourth-order valence-corrected chi connectivity index (χ4v) is 4.95. The van der Waals surface area contributed by atoms with Crippen molar-refractivity contribution in [2.24, 2.45) is 5.92 Å². The standard InChI is InChI=1S/C22H24N2O2S2/c1-13(2)15-6-4-5-7-19(15)26-12-20(25)24-21-18(11-23)16-9-8-14(3)10-17(16)22(27)28-21/h4-7,13-14H,8-10,12H2,1-3H3,(H,24,25). The van der Waals surface area contributed by atoms with Gasteiger partial charge in [0, 0.05) is 0 Å². The van der Waals surface area contributed by atoms with Crippen molar-refractivity contribution in [3.63, 3.8) is 0 Å². The molecule has 1 atom stereocenters. The summed E-state index contributed by atoms with van der Waals surface area (Å²) >= 11 is 6.86. The second-order valence-corrected chi connectivity index (χ2v) is 9.23. The second-order valence-electron chi connectivity index (χ2n) is 7.54. The van der Waals surface area contributed by atoms with E-state index >= 15 is 0 Å². The van der Waals surface area contributed by atoms with Crippen LogP contribution >= 0.6 is 23.6 Å². The molecular weight excluding hydrogens is 388 g/mol. The number of ether oxygens (including phenoxy) is 1. The first-order valence-corrected chi connectivity index (χ1v) is 10.7. The third-order valence-corrected chi connectivity index (χ3v) is 6.48. The van der Waals surface area contributed by atoms with Crippen molar-refractivity contribution in [3.8, 4) is 11.8 Å². The van der Waals surface area contributed by atoms with Crippen LogP contribution in [0.1, 0.15) is 55.4 Å². The summed E-state index contributed by atoms with van der Waals surface area (Å²) in [5, 5.41) is 13.1. The first kappa shape index (κ1) is 20.5. The summed E-state index contributed by atoms with van der Waals surface area (Å²) in [6, 6.07) is 10.00. The highest BCUT2D eigenvalue weighted by Gasteiger charge is 2.23. The van der Waals surface area contributed by atoms with Gasteiger partial charge >= 0.3 is 0 Å². The van der Waals surface area contributed by atoms with E-state index in [1.165, 1.54) is 11.3 Å². The first-order valence-electron chi connectivity index (χ1n) is 9.51. The molecule has 0 saturated carbocycles. The van der Waals surface area contributed by atoms with Crippen LogP contribution in [0.4, 0.5) is 5.00 Å². The Kier molecular flexibility index (Phi) is 6.48. The highest BCUT2D eigenvalue weighted by atomic mass is 32.1. The quantitative estimate of drug-likeness (QED) is 0.648. The van der Waals surface area contributed by atoms with E-state index in [9.17, 15) is 10.1 Å². The third-order valence-electron chi connectivity index (χ3n) is 5.04. The van der Waals surface area contributed by atoms with Gasteiger partial charge in [-0.1, -0.05) is 51.2 Å². The molecule has 1 amide bonds. The van der Waals surface area contributed by atoms with Crippen LogP contribution in [-0.2, 0) is 17.6 Å². The van der Waals surface area contributed by atoms with E-state index in [1.54, 1.807) is 0 Å². The number of benzene rings is 1. The lowest BCUT2D eigenvalue weighted by atomic mass is 9.85. The monoisotopic (exact) mass is 412 g/mol. The summed E-state index contributed by atoms with van der Waals surface area (Å²) in [6.45, 7) is 6.27. The maximum absolute atomic E-state index is 12.5. The Morgan fingerprint density at radius 2 is 2.14 bits per heavy atom. The molecule has 1 heterocycles. The van der Waals surface area contributed by atoms with E-state index in [4.69, 9.17) is 17.0 Å². The van der Waals surface area contributed by atoms with Gasteiger partial charge in [-0.05, 0) is 53.9 Å². The van der Waals surface area contributed by atoms with Crippen LogP contribution in [0.2, 0.25) is 0 Å². The van der Waals surface area contributed by atoms with Crippen LogP contribution < -0.4 is 10.1 Å². The van der Waals surface area contributed by atoms with E-state index in [0.717, 1.165) is 39.8 Å². The smallest absolute Gasteiger partial charge is 0.262 e. The van der Waals surface area contributed by atoms with Crippen LogP contribution in [-0.4, -0.2) is 12.5 Å². The fraction of sp³-hybridized carbons (Fsp3) is 0.409. The van der Waals surface area contributed by atoms with Gasteiger partial charge in [-0.15, -0.1) is 11.3 Å². The Hall–Kier alpha value is -2.23. The van der Waals surface area contributed by atoms with Crippen LogP contribution in [0, 0.1) is 21.1 Å². The molecule has 1 aromatic heterocycles. The van der Waals surface area contributed by atoms with E-state index in [0.29, 0.717) is 28.1 Å². The number of para-hydroxylation sites is 1. The van der Waals surface area contributed by atoms with Crippen molar-refractivity contribution in [1.29, 1.82) is 5.26 Å². The molecule has 1 aromatic carbocycles. The van der Waals surface area contributed by atoms with Gasteiger partial charge in [0.2, 0.25) is 0 Å². The highest BCUT2D eigenvalue weighted by molar-refractivity contribution is 7.73. The summed E-state index contributed by atoms with van der Waals surface area (Å²) < 4.78 is 6.51. The highest BCUT2D eigenvalue weighted by Crippen LogP contribution is 2.36. The fourth-order valence-electron chi connectivity index (χ4n) is 3.54. The van der Waals surface area contributed by atoms with Crippen molar-refractivity contribution in [1.82, 2.24) is 0 Å². The van der Waals surface area contributed by atoms with E-state index in [1.807, 2.05) is 24.3 Å². The normalized spacial score (nSPS) is 15.6. The maximum Gasteiger partial charge on any atom is 0.262 e. The molecule has 0 bridgehead atoms. The number of amides is 1. The number of carbonyl (C=O) groups excluding carboxylic acids is 1. The van der Waals surface area contributed by atoms with Crippen LogP contribution in [0.15, 0.2) is 24.3 Å². The molecule has 1 unspecified atom stereocenters. The molecule has 1 N–H and O–H groups in total. The van der Waals surface area contributed by atoms with Gasteiger partial charge in [0.1, 0.15) is 16.8 Å². The van der Waals surface area contributed by atoms with E-state index in [-0.39, 0.29) is 12.5 Å². The van der Waals surface area contributed by atoms with Crippen molar-refractivity contribution >= 4 is 34.5 Å². The van der Waals surface area contributed by atoms with Crippen molar-refractivity contribution in [2.75, 3.05) is 11.9 Å². The Morgan fingerprint density at radius 1 is 1.39 bits per heavy atom. The van der Waals surface area contributed by atoms with Gasteiger partial charge in [0.25, 0.3) is 5.91 Å². The second kappa shape index (κ2) is 8.85. The van der Waals surface area contributed by atoms with Crippen LogP contribution in [0.25, 0.3) is 0 Å². The number of fused-ring (bicyclic) bond motifs is 1. The average Bonchev–Trinajstić information content (AvgIpc) is 2.67. The number of hydrogen-bond donors (Lipinski definition) is 1. The van der Waals surface area contributed by atoms with E-state index in [2.05, 4.69) is 32.2 Å². The van der Waals surface area contributed by atoms with Crippen molar-refractivity contribution < 1.29 is 9.53 Å². The van der Waals surface area contributed by atoms with Gasteiger partial charge in [0.05, 0.1) is 9.39 Å².